The van der Waals surface area contributed by atoms with Gasteiger partial charge in [0.15, 0.2) is 17.1 Å². The zero-order chi connectivity index (χ0) is 20.3. The second-order valence-electron chi connectivity index (χ2n) is 6.41. The lowest BCUT2D eigenvalue weighted by molar-refractivity contribution is 0.0928. The number of sulfonamides is 1. The van der Waals surface area contributed by atoms with Gasteiger partial charge in [0.05, 0.1) is 12.0 Å². The molecule has 3 rings (SSSR count). The Morgan fingerprint density at radius 2 is 1.89 bits per heavy atom. The number of amides is 1. The van der Waals surface area contributed by atoms with Crippen LogP contribution in [0.4, 0.5) is 0 Å². The molecule has 8 heteroatoms. The normalized spacial score (nSPS) is 11.5. The van der Waals surface area contributed by atoms with E-state index in [-0.39, 0.29) is 23.7 Å². The van der Waals surface area contributed by atoms with Gasteiger partial charge in [-0.3, -0.25) is 4.79 Å². The summed E-state index contributed by atoms with van der Waals surface area (Å²) in [6.07, 6.45) is 0. The summed E-state index contributed by atoms with van der Waals surface area (Å²) < 4.78 is 38.2. The molecule has 0 saturated heterocycles. The van der Waals surface area contributed by atoms with E-state index in [0.717, 1.165) is 10.9 Å². The maximum absolute atomic E-state index is 12.5. The standard InChI is InChI=1S/C20H22N2O5S/c1-13-7-8-14(2)18(11-13)28(24,25)22-10-9-21-20(23)17-12-15-5-4-6-16(26-3)19(15)27-17/h4-8,11-12,22H,9-10H2,1-3H3,(H,21,23). The molecule has 0 spiro atoms. The first-order valence-electron chi connectivity index (χ1n) is 8.73. The molecule has 148 valence electrons. The van der Waals surface area contributed by atoms with Gasteiger partial charge in [0.25, 0.3) is 5.91 Å². The van der Waals surface area contributed by atoms with Gasteiger partial charge < -0.3 is 14.5 Å². The number of carbonyl (C=O) groups is 1. The second-order valence-corrected chi connectivity index (χ2v) is 8.15. The first-order valence-corrected chi connectivity index (χ1v) is 10.2. The topological polar surface area (TPSA) is 97.6 Å². The largest absolute Gasteiger partial charge is 0.493 e. The molecule has 1 aromatic heterocycles. The molecule has 0 aliphatic rings. The van der Waals surface area contributed by atoms with E-state index in [1.165, 1.54) is 7.11 Å². The number of aryl methyl sites for hydroxylation is 2. The lowest BCUT2D eigenvalue weighted by atomic mass is 10.2. The summed E-state index contributed by atoms with van der Waals surface area (Å²) in [7, 11) is -2.12. The van der Waals surface area contributed by atoms with E-state index < -0.39 is 15.9 Å². The van der Waals surface area contributed by atoms with Crippen LogP contribution in [0.1, 0.15) is 21.7 Å². The van der Waals surface area contributed by atoms with E-state index in [1.807, 2.05) is 19.1 Å². The smallest absolute Gasteiger partial charge is 0.287 e. The van der Waals surface area contributed by atoms with Crippen molar-refractivity contribution in [2.24, 2.45) is 0 Å². The minimum absolute atomic E-state index is 0.0605. The number of benzene rings is 2. The van der Waals surface area contributed by atoms with Gasteiger partial charge in [-0.2, -0.15) is 0 Å². The first-order chi connectivity index (χ1) is 13.3. The van der Waals surface area contributed by atoms with Crippen molar-refractivity contribution in [3.05, 3.63) is 59.4 Å². The Morgan fingerprint density at radius 3 is 2.64 bits per heavy atom. The molecule has 0 radical (unpaired) electrons. The van der Waals surface area contributed by atoms with Crippen LogP contribution in [0.15, 0.2) is 51.8 Å². The van der Waals surface area contributed by atoms with Crippen LogP contribution in [0, 0.1) is 13.8 Å². The summed E-state index contributed by atoms with van der Waals surface area (Å²) >= 11 is 0. The lowest BCUT2D eigenvalue weighted by Gasteiger charge is -2.10. The molecule has 1 amide bonds. The van der Waals surface area contributed by atoms with Crippen molar-refractivity contribution in [2.75, 3.05) is 20.2 Å². The van der Waals surface area contributed by atoms with Gasteiger partial charge in [-0.15, -0.1) is 0 Å². The van der Waals surface area contributed by atoms with Crippen LogP contribution in [-0.2, 0) is 10.0 Å². The van der Waals surface area contributed by atoms with Crippen LogP contribution in [-0.4, -0.2) is 34.5 Å². The number of nitrogens with one attached hydrogen (secondary N) is 2. The highest BCUT2D eigenvalue weighted by Crippen LogP contribution is 2.28. The SMILES string of the molecule is COc1cccc2cc(C(=O)NCCNS(=O)(=O)c3cc(C)ccc3C)oc12. The number of hydrogen-bond donors (Lipinski definition) is 2. The van der Waals surface area contributed by atoms with Crippen molar-refractivity contribution in [2.45, 2.75) is 18.7 Å². The van der Waals surface area contributed by atoms with E-state index in [2.05, 4.69) is 10.0 Å². The van der Waals surface area contributed by atoms with E-state index in [0.29, 0.717) is 16.9 Å². The van der Waals surface area contributed by atoms with E-state index in [1.54, 1.807) is 37.3 Å². The number of para-hydroxylation sites is 1. The third-order valence-electron chi connectivity index (χ3n) is 4.29. The monoisotopic (exact) mass is 402 g/mol. The minimum Gasteiger partial charge on any atom is -0.493 e. The summed E-state index contributed by atoms with van der Waals surface area (Å²) in [4.78, 5) is 12.5. The highest BCUT2D eigenvalue weighted by atomic mass is 32.2. The van der Waals surface area contributed by atoms with Crippen molar-refractivity contribution >= 4 is 26.9 Å². The van der Waals surface area contributed by atoms with Crippen molar-refractivity contribution in [3.63, 3.8) is 0 Å². The van der Waals surface area contributed by atoms with Gasteiger partial charge in [-0.25, -0.2) is 13.1 Å². The molecule has 0 unspecified atom stereocenters. The Morgan fingerprint density at radius 1 is 1.11 bits per heavy atom. The number of methoxy groups -OCH3 is 1. The molecule has 2 N–H and O–H groups in total. The van der Waals surface area contributed by atoms with Gasteiger partial charge in [-0.1, -0.05) is 24.3 Å². The predicted octanol–water partition coefficient (Wildman–Crippen LogP) is 2.77. The summed E-state index contributed by atoms with van der Waals surface area (Å²) in [5.74, 6) is 0.249. The van der Waals surface area contributed by atoms with E-state index in [9.17, 15) is 13.2 Å². The molecule has 0 aliphatic heterocycles. The summed E-state index contributed by atoms with van der Waals surface area (Å²) in [6, 6.07) is 12.2. The molecule has 3 aromatic rings. The fourth-order valence-corrected chi connectivity index (χ4v) is 4.19. The quantitative estimate of drug-likeness (QED) is 0.592. The Hall–Kier alpha value is -2.84. The Balaban J connectivity index is 1.61. The molecular formula is C20H22N2O5S. The second kappa shape index (κ2) is 8.04. The van der Waals surface area contributed by atoms with Gasteiger partial charge in [0.2, 0.25) is 10.0 Å². The summed E-state index contributed by atoms with van der Waals surface area (Å²) in [5.41, 5.74) is 2.02. The maximum Gasteiger partial charge on any atom is 0.287 e. The average molecular weight is 402 g/mol. The van der Waals surface area contributed by atoms with E-state index >= 15 is 0 Å². The van der Waals surface area contributed by atoms with Crippen molar-refractivity contribution < 1.29 is 22.4 Å². The molecule has 0 aliphatic carbocycles. The van der Waals surface area contributed by atoms with Crippen molar-refractivity contribution in [3.8, 4) is 5.75 Å². The number of fused-ring (bicyclic) bond motifs is 1. The zero-order valence-electron chi connectivity index (χ0n) is 15.9. The number of furan rings is 1. The van der Waals surface area contributed by atoms with Crippen molar-refractivity contribution in [1.82, 2.24) is 10.0 Å². The third kappa shape index (κ3) is 4.18. The Labute approximate surface area is 163 Å². The molecule has 0 bridgehead atoms. The predicted molar refractivity (Wildman–Crippen MR) is 106 cm³/mol. The van der Waals surface area contributed by atoms with Crippen LogP contribution < -0.4 is 14.8 Å². The maximum atomic E-state index is 12.5. The molecule has 0 fully saturated rings. The van der Waals surface area contributed by atoms with Gasteiger partial charge >= 0.3 is 0 Å². The summed E-state index contributed by atoms with van der Waals surface area (Å²) in [6.45, 7) is 3.76. The van der Waals surface area contributed by atoms with Crippen LogP contribution in [0.3, 0.4) is 0 Å². The van der Waals surface area contributed by atoms with Crippen LogP contribution >= 0.6 is 0 Å². The Kier molecular flexibility index (Phi) is 5.71. The highest BCUT2D eigenvalue weighted by Gasteiger charge is 2.17. The molecule has 0 saturated carbocycles. The summed E-state index contributed by atoms with van der Waals surface area (Å²) in [5, 5.41) is 3.40. The lowest BCUT2D eigenvalue weighted by Crippen LogP contribution is -2.34. The zero-order valence-corrected chi connectivity index (χ0v) is 16.7. The minimum atomic E-state index is -3.65. The molecule has 7 nitrogen and oxygen atoms in total. The van der Waals surface area contributed by atoms with E-state index in [4.69, 9.17) is 9.15 Å². The van der Waals surface area contributed by atoms with Gasteiger partial charge in [0, 0.05) is 18.5 Å². The van der Waals surface area contributed by atoms with Gasteiger partial charge in [0.1, 0.15) is 0 Å². The fourth-order valence-electron chi connectivity index (χ4n) is 2.83. The fraction of sp³-hybridized carbons (Fsp3) is 0.250. The molecule has 2 aromatic carbocycles. The van der Waals surface area contributed by atoms with Crippen LogP contribution in [0.2, 0.25) is 0 Å². The highest BCUT2D eigenvalue weighted by molar-refractivity contribution is 7.89. The third-order valence-corrected chi connectivity index (χ3v) is 5.89. The Bertz CT molecular complexity index is 1120. The first kappa shape index (κ1) is 19.9. The molecule has 1 heterocycles. The number of ether oxygens (including phenoxy) is 1. The van der Waals surface area contributed by atoms with Gasteiger partial charge in [-0.05, 0) is 43.2 Å². The molecule has 28 heavy (non-hydrogen) atoms. The number of rotatable bonds is 7. The van der Waals surface area contributed by atoms with Crippen molar-refractivity contribution in [1.29, 1.82) is 0 Å². The van der Waals surface area contributed by atoms with Crippen LogP contribution in [0.25, 0.3) is 11.0 Å². The number of hydrogen-bond acceptors (Lipinski definition) is 5. The number of carbonyl (C=O) groups excluding carboxylic acids is 1. The molecular weight excluding hydrogens is 380 g/mol. The average Bonchev–Trinajstić information content (AvgIpc) is 3.11. The molecule has 0 atom stereocenters. The van der Waals surface area contributed by atoms with Crippen LogP contribution in [0.5, 0.6) is 5.75 Å².